The lowest BCUT2D eigenvalue weighted by molar-refractivity contribution is 0.0170. The molecule has 144 valence electrons. The zero-order valence-corrected chi connectivity index (χ0v) is 17.7. The molecule has 0 bridgehead atoms. The molecule has 1 aromatic rings. The molecule has 7 nitrogen and oxygen atoms in total. The second kappa shape index (κ2) is 7.92. The van der Waals surface area contributed by atoms with E-state index in [1.807, 2.05) is 31.6 Å². The first-order valence-corrected chi connectivity index (χ1v) is 9.65. The summed E-state index contributed by atoms with van der Waals surface area (Å²) in [6, 6.07) is 0.250. The first kappa shape index (κ1) is 20.6. The number of ether oxygens (including phenoxy) is 1. The Hall–Kier alpha value is -1.66. The number of amides is 1. The van der Waals surface area contributed by atoms with E-state index in [2.05, 4.69) is 39.9 Å². The smallest absolute Gasteiger partial charge is 0.410 e. The van der Waals surface area contributed by atoms with Crippen LogP contribution >= 0.6 is 15.9 Å². The molecule has 0 saturated carbocycles. The molecule has 1 amide bonds. The number of isocyanates is 1. The lowest BCUT2D eigenvalue weighted by atomic mass is 9.83. The quantitative estimate of drug-likeness (QED) is 0.540. The number of nitrogens with zero attached hydrogens (tertiary/aromatic N) is 4. The highest BCUT2D eigenvalue weighted by Gasteiger charge is 2.38. The normalized spacial score (nSPS) is 17.1. The minimum atomic E-state index is -0.562. The highest BCUT2D eigenvalue weighted by Crippen LogP contribution is 2.33. The maximum absolute atomic E-state index is 12.2. The van der Waals surface area contributed by atoms with Gasteiger partial charge in [0.25, 0.3) is 0 Å². The monoisotopic (exact) mass is 426 g/mol. The topological polar surface area (TPSA) is 76.8 Å². The summed E-state index contributed by atoms with van der Waals surface area (Å²) in [5, 5.41) is 4.46. The van der Waals surface area contributed by atoms with Crippen LogP contribution in [-0.4, -0.2) is 51.1 Å². The fraction of sp³-hybridized carbons (Fsp3) is 0.722. The summed E-state index contributed by atoms with van der Waals surface area (Å²) in [5.74, 6) is 0. The summed E-state index contributed by atoms with van der Waals surface area (Å²) in [6.07, 6.45) is 5.14. The van der Waals surface area contributed by atoms with Crippen molar-refractivity contribution in [2.24, 2.45) is 4.99 Å². The van der Waals surface area contributed by atoms with E-state index in [0.717, 1.165) is 10.2 Å². The van der Waals surface area contributed by atoms with Crippen LogP contribution in [0.25, 0.3) is 0 Å². The van der Waals surface area contributed by atoms with Crippen LogP contribution in [0.1, 0.15) is 59.1 Å². The van der Waals surface area contributed by atoms with Crippen LogP contribution in [0, 0.1) is 0 Å². The number of piperidine rings is 1. The Bertz CT molecular complexity index is 694. The molecule has 1 aliphatic rings. The zero-order valence-electron chi connectivity index (χ0n) is 16.1. The summed E-state index contributed by atoms with van der Waals surface area (Å²) >= 11 is 3.50. The predicted molar refractivity (Wildman–Crippen MR) is 102 cm³/mol. The maximum atomic E-state index is 12.2. The number of aliphatic imine (C=N–C) groups is 1. The molecule has 1 fully saturated rings. The summed E-state index contributed by atoms with van der Waals surface area (Å²) in [6.45, 7) is 10.6. The van der Waals surface area contributed by atoms with Crippen LogP contribution in [0.5, 0.6) is 0 Å². The van der Waals surface area contributed by atoms with Gasteiger partial charge in [-0.05, 0) is 63.4 Å². The van der Waals surface area contributed by atoms with Crippen molar-refractivity contribution in [2.45, 2.75) is 71.1 Å². The summed E-state index contributed by atoms with van der Waals surface area (Å²) in [7, 11) is 0. The van der Waals surface area contributed by atoms with Crippen molar-refractivity contribution < 1.29 is 14.3 Å². The Balaban J connectivity index is 2.11. The maximum Gasteiger partial charge on any atom is 0.410 e. The van der Waals surface area contributed by atoms with E-state index >= 15 is 0 Å². The fourth-order valence-corrected chi connectivity index (χ4v) is 3.43. The summed E-state index contributed by atoms with van der Waals surface area (Å²) in [5.41, 5.74) is -0.0837. The first-order chi connectivity index (χ1) is 12.1. The van der Waals surface area contributed by atoms with Crippen LogP contribution in [0.3, 0.4) is 0 Å². The lowest BCUT2D eigenvalue weighted by Crippen LogP contribution is -2.48. The van der Waals surface area contributed by atoms with Crippen molar-refractivity contribution in [3.8, 4) is 0 Å². The second-order valence-corrected chi connectivity index (χ2v) is 8.84. The molecule has 0 aromatic carbocycles. The van der Waals surface area contributed by atoms with Crippen LogP contribution in [-0.2, 0) is 16.0 Å². The van der Waals surface area contributed by atoms with E-state index in [1.165, 1.54) is 0 Å². The number of rotatable bonds is 4. The molecule has 1 aliphatic heterocycles. The van der Waals surface area contributed by atoms with E-state index in [4.69, 9.17) is 4.74 Å². The molecule has 0 unspecified atom stereocenters. The van der Waals surface area contributed by atoms with Gasteiger partial charge in [-0.15, -0.1) is 0 Å². The van der Waals surface area contributed by atoms with Crippen molar-refractivity contribution in [1.82, 2.24) is 14.7 Å². The fourth-order valence-electron chi connectivity index (χ4n) is 3.00. The van der Waals surface area contributed by atoms with Gasteiger partial charge in [-0.2, -0.15) is 10.1 Å². The van der Waals surface area contributed by atoms with Crippen molar-refractivity contribution in [1.29, 1.82) is 0 Å². The number of halogens is 1. The zero-order chi connectivity index (χ0) is 19.5. The highest BCUT2D eigenvalue weighted by molar-refractivity contribution is 9.10. The van der Waals surface area contributed by atoms with Gasteiger partial charge in [-0.25, -0.2) is 9.59 Å². The van der Waals surface area contributed by atoms with E-state index in [0.29, 0.717) is 32.4 Å². The molecule has 2 heterocycles. The molecular formula is C18H27BrN4O3. The molecule has 26 heavy (non-hydrogen) atoms. The van der Waals surface area contributed by atoms with Gasteiger partial charge >= 0.3 is 6.09 Å². The van der Waals surface area contributed by atoms with Gasteiger partial charge in [0.15, 0.2) is 0 Å². The standard InChI is InChI=1S/C18H27BrN4O3/c1-13(2)23-11-14(15(19)21-23)10-18(20-12-24)6-8-22(9-7-18)16(25)26-17(3,4)5/h11,13H,6-10H2,1-5H3. The van der Waals surface area contributed by atoms with Gasteiger partial charge in [-0.3, -0.25) is 4.68 Å². The highest BCUT2D eigenvalue weighted by atomic mass is 79.9. The van der Waals surface area contributed by atoms with Gasteiger partial charge in [-0.1, -0.05) is 0 Å². The molecule has 0 spiro atoms. The molecule has 1 aromatic heterocycles. The van der Waals surface area contributed by atoms with Crippen LogP contribution < -0.4 is 0 Å². The van der Waals surface area contributed by atoms with E-state index < -0.39 is 11.1 Å². The second-order valence-electron chi connectivity index (χ2n) is 8.09. The minimum Gasteiger partial charge on any atom is -0.444 e. The number of carbonyl (C=O) groups excluding carboxylic acids is 2. The van der Waals surface area contributed by atoms with E-state index in [-0.39, 0.29) is 12.1 Å². The number of likely N-dealkylation sites (tertiary alicyclic amines) is 1. The Morgan fingerprint density at radius 1 is 1.42 bits per heavy atom. The van der Waals surface area contributed by atoms with Crippen molar-refractivity contribution in [3.05, 3.63) is 16.4 Å². The molecular weight excluding hydrogens is 400 g/mol. The number of carbonyl (C=O) groups is 1. The van der Waals surface area contributed by atoms with E-state index in [1.54, 1.807) is 11.0 Å². The van der Waals surface area contributed by atoms with Crippen LogP contribution in [0.2, 0.25) is 0 Å². The number of hydrogen-bond acceptors (Lipinski definition) is 5. The van der Waals surface area contributed by atoms with Gasteiger partial charge in [0.1, 0.15) is 10.2 Å². The molecule has 8 heteroatoms. The van der Waals surface area contributed by atoms with Crippen molar-refractivity contribution >= 4 is 28.1 Å². The third-order valence-electron chi connectivity index (χ3n) is 4.43. The summed E-state index contributed by atoms with van der Waals surface area (Å²) in [4.78, 5) is 29.1. The Kier molecular flexibility index (Phi) is 6.29. The molecule has 1 saturated heterocycles. The Morgan fingerprint density at radius 2 is 2.04 bits per heavy atom. The Morgan fingerprint density at radius 3 is 2.50 bits per heavy atom. The van der Waals surface area contributed by atoms with Gasteiger partial charge in [0.2, 0.25) is 6.08 Å². The van der Waals surface area contributed by atoms with Gasteiger partial charge in [0, 0.05) is 37.3 Å². The molecule has 0 atom stereocenters. The SMILES string of the molecule is CC(C)n1cc(CC2(N=C=O)CCN(C(=O)OC(C)(C)C)CC2)c(Br)n1. The van der Waals surface area contributed by atoms with Crippen LogP contribution in [0.15, 0.2) is 15.8 Å². The van der Waals surface area contributed by atoms with Crippen molar-refractivity contribution in [3.63, 3.8) is 0 Å². The van der Waals surface area contributed by atoms with Gasteiger partial charge < -0.3 is 9.64 Å². The third-order valence-corrected chi connectivity index (χ3v) is 5.10. The number of hydrogen-bond donors (Lipinski definition) is 0. The first-order valence-electron chi connectivity index (χ1n) is 8.86. The largest absolute Gasteiger partial charge is 0.444 e. The van der Waals surface area contributed by atoms with E-state index in [9.17, 15) is 9.59 Å². The Labute approximate surface area is 162 Å². The summed E-state index contributed by atoms with van der Waals surface area (Å²) < 4.78 is 8.08. The lowest BCUT2D eigenvalue weighted by Gasteiger charge is -2.38. The average Bonchev–Trinajstić information content (AvgIpc) is 2.87. The third kappa shape index (κ3) is 5.17. The van der Waals surface area contributed by atoms with Crippen LogP contribution in [0.4, 0.5) is 4.79 Å². The molecule has 2 rings (SSSR count). The van der Waals surface area contributed by atoms with Crippen molar-refractivity contribution in [2.75, 3.05) is 13.1 Å². The molecule has 0 radical (unpaired) electrons. The minimum absolute atomic E-state index is 0.250. The van der Waals surface area contributed by atoms with Gasteiger partial charge in [0.05, 0.1) is 5.54 Å². The molecule has 0 N–H and O–H groups in total. The average molecular weight is 427 g/mol. The molecule has 0 aliphatic carbocycles. The number of aromatic nitrogens is 2. The predicted octanol–water partition coefficient (Wildman–Crippen LogP) is 3.87.